The summed E-state index contributed by atoms with van der Waals surface area (Å²) < 4.78 is 29.4. The molecule has 1 aliphatic heterocycles. The number of aryl methyl sites for hydroxylation is 1. The van der Waals surface area contributed by atoms with Crippen molar-refractivity contribution in [2.24, 2.45) is 0 Å². The SMILES string of the molecule is FC(F)c1cc2c(cc1Br)CCCN2c1nc(C2CC2)n2ccncc12. The van der Waals surface area contributed by atoms with E-state index >= 15 is 0 Å². The average molecular weight is 419 g/mol. The van der Waals surface area contributed by atoms with Crippen LogP contribution in [0.1, 0.15) is 48.6 Å². The second-order valence-corrected chi connectivity index (χ2v) is 7.81. The highest BCUT2D eigenvalue weighted by atomic mass is 79.9. The van der Waals surface area contributed by atoms with Crippen LogP contribution in [0.25, 0.3) is 5.52 Å². The largest absolute Gasteiger partial charge is 0.324 e. The van der Waals surface area contributed by atoms with E-state index in [0.29, 0.717) is 10.4 Å². The third kappa shape index (κ3) is 2.52. The molecule has 4 nitrogen and oxygen atoms in total. The van der Waals surface area contributed by atoms with Gasteiger partial charge in [0.2, 0.25) is 0 Å². The lowest BCUT2D eigenvalue weighted by atomic mass is 9.99. The summed E-state index contributed by atoms with van der Waals surface area (Å²) in [7, 11) is 0. The van der Waals surface area contributed by atoms with Gasteiger partial charge in [-0.15, -0.1) is 0 Å². The molecule has 0 spiro atoms. The molecule has 26 heavy (non-hydrogen) atoms. The maximum Gasteiger partial charge on any atom is 0.265 e. The molecular formula is C19H17BrF2N4. The smallest absolute Gasteiger partial charge is 0.265 e. The van der Waals surface area contributed by atoms with Gasteiger partial charge in [0.15, 0.2) is 5.82 Å². The molecular weight excluding hydrogens is 402 g/mol. The Morgan fingerprint density at radius 3 is 2.85 bits per heavy atom. The van der Waals surface area contributed by atoms with Gasteiger partial charge in [-0.25, -0.2) is 13.8 Å². The first-order valence-electron chi connectivity index (χ1n) is 8.83. The Hall–Kier alpha value is -2.02. The van der Waals surface area contributed by atoms with Crippen LogP contribution >= 0.6 is 15.9 Å². The van der Waals surface area contributed by atoms with Gasteiger partial charge < -0.3 is 4.90 Å². The van der Waals surface area contributed by atoms with Crippen LogP contribution in [0.15, 0.2) is 35.2 Å². The molecule has 0 saturated heterocycles. The Labute approximate surface area is 158 Å². The van der Waals surface area contributed by atoms with E-state index in [1.807, 2.05) is 18.5 Å². The number of aromatic nitrogens is 3. The standard InChI is InChI=1S/C19H17BrF2N4/c20-14-8-12-2-1-6-25(15(12)9-13(14)17(21)22)19-16-10-23-5-7-26(16)18(24-19)11-3-4-11/h5,7-11,17H,1-4,6H2. The molecule has 0 amide bonds. The summed E-state index contributed by atoms with van der Waals surface area (Å²) in [4.78, 5) is 11.3. The summed E-state index contributed by atoms with van der Waals surface area (Å²) in [5, 5.41) is 0. The van der Waals surface area contributed by atoms with Gasteiger partial charge in [-0.3, -0.25) is 9.38 Å². The molecule has 7 heteroatoms. The van der Waals surface area contributed by atoms with Crippen molar-refractivity contribution in [3.8, 4) is 0 Å². The van der Waals surface area contributed by atoms with Gasteiger partial charge in [-0.2, -0.15) is 0 Å². The first kappa shape index (κ1) is 16.2. The van der Waals surface area contributed by atoms with Crippen LogP contribution in [0.5, 0.6) is 0 Å². The Morgan fingerprint density at radius 1 is 1.23 bits per heavy atom. The van der Waals surface area contributed by atoms with Crippen LogP contribution in [-0.2, 0) is 6.42 Å². The van der Waals surface area contributed by atoms with Gasteiger partial charge in [-0.05, 0) is 43.4 Å². The molecule has 3 heterocycles. The van der Waals surface area contributed by atoms with Gasteiger partial charge in [0.1, 0.15) is 11.3 Å². The number of rotatable bonds is 3. The van der Waals surface area contributed by atoms with Crippen LogP contribution in [0, 0.1) is 0 Å². The molecule has 0 radical (unpaired) electrons. The molecule has 0 atom stereocenters. The minimum Gasteiger partial charge on any atom is -0.324 e. The first-order valence-corrected chi connectivity index (χ1v) is 9.62. The number of hydrogen-bond acceptors (Lipinski definition) is 3. The number of alkyl halides is 2. The molecule has 1 aliphatic carbocycles. The third-order valence-electron chi connectivity index (χ3n) is 5.20. The molecule has 0 bridgehead atoms. The van der Waals surface area contributed by atoms with Crippen molar-refractivity contribution in [1.29, 1.82) is 0 Å². The summed E-state index contributed by atoms with van der Waals surface area (Å²) in [5.74, 6) is 2.36. The zero-order chi connectivity index (χ0) is 17.8. The van der Waals surface area contributed by atoms with Crippen molar-refractivity contribution in [3.05, 3.63) is 52.1 Å². The number of halogens is 3. The minimum atomic E-state index is -2.51. The normalized spacial score (nSPS) is 17.2. The van der Waals surface area contributed by atoms with Crippen molar-refractivity contribution in [2.45, 2.75) is 38.0 Å². The summed E-state index contributed by atoms with van der Waals surface area (Å²) in [5.41, 5.74) is 2.87. The molecule has 2 aromatic heterocycles. The number of anilines is 2. The fourth-order valence-corrected chi connectivity index (χ4v) is 4.34. The highest BCUT2D eigenvalue weighted by Gasteiger charge is 2.32. The topological polar surface area (TPSA) is 33.4 Å². The predicted molar refractivity (Wildman–Crippen MR) is 99.4 cm³/mol. The number of hydrogen-bond donors (Lipinski definition) is 0. The quantitative estimate of drug-likeness (QED) is 0.571. The molecule has 2 aliphatic rings. The van der Waals surface area contributed by atoms with Gasteiger partial charge in [0.25, 0.3) is 6.43 Å². The second kappa shape index (κ2) is 6.01. The predicted octanol–water partition coefficient (Wildman–Crippen LogP) is 5.39. The summed E-state index contributed by atoms with van der Waals surface area (Å²) in [6.07, 6.45) is 7.16. The van der Waals surface area contributed by atoms with Crippen molar-refractivity contribution in [1.82, 2.24) is 14.4 Å². The molecule has 1 saturated carbocycles. The Balaban J connectivity index is 1.69. The van der Waals surface area contributed by atoms with E-state index in [1.165, 1.54) is 0 Å². The lowest BCUT2D eigenvalue weighted by Gasteiger charge is -2.30. The van der Waals surface area contributed by atoms with Crippen LogP contribution < -0.4 is 4.90 Å². The van der Waals surface area contributed by atoms with E-state index in [1.54, 1.807) is 12.3 Å². The number of fused-ring (bicyclic) bond motifs is 2. The Kier molecular flexibility index (Phi) is 3.74. The Morgan fingerprint density at radius 2 is 2.08 bits per heavy atom. The fraction of sp³-hybridized carbons (Fsp3) is 0.368. The highest BCUT2D eigenvalue weighted by Crippen LogP contribution is 2.44. The summed E-state index contributed by atoms with van der Waals surface area (Å²) in [6, 6.07) is 3.45. The summed E-state index contributed by atoms with van der Waals surface area (Å²) in [6.45, 7) is 0.767. The van der Waals surface area contributed by atoms with Gasteiger partial charge in [-0.1, -0.05) is 15.9 Å². The lowest BCUT2D eigenvalue weighted by Crippen LogP contribution is -2.25. The number of imidazole rings is 1. The molecule has 1 aromatic carbocycles. The van der Waals surface area contributed by atoms with Crippen molar-refractivity contribution >= 4 is 33.0 Å². The Bertz CT molecular complexity index is 997. The monoisotopic (exact) mass is 418 g/mol. The molecule has 0 unspecified atom stereocenters. The van der Waals surface area contributed by atoms with Gasteiger partial charge in [0.05, 0.1) is 6.20 Å². The van der Waals surface area contributed by atoms with Gasteiger partial charge in [0, 0.05) is 40.6 Å². The molecule has 1 fully saturated rings. The minimum absolute atomic E-state index is 0.0275. The number of nitrogens with zero attached hydrogens (tertiary/aromatic N) is 4. The van der Waals surface area contributed by atoms with E-state index in [0.717, 1.165) is 60.6 Å². The molecule has 3 aromatic rings. The maximum atomic E-state index is 13.4. The third-order valence-corrected chi connectivity index (χ3v) is 5.89. The maximum absolute atomic E-state index is 13.4. The van der Waals surface area contributed by atoms with Crippen LogP contribution in [0.3, 0.4) is 0 Å². The van der Waals surface area contributed by atoms with Crippen LogP contribution in [-0.4, -0.2) is 20.9 Å². The van der Waals surface area contributed by atoms with E-state index in [-0.39, 0.29) is 5.56 Å². The summed E-state index contributed by atoms with van der Waals surface area (Å²) >= 11 is 3.30. The van der Waals surface area contributed by atoms with E-state index < -0.39 is 6.43 Å². The number of benzene rings is 1. The van der Waals surface area contributed by atoms with Gasteiger partial charge >= 0.3 is 0 Å². The van der Waals surface area contributed by atoms with Crippen LogP contribution in [0.4, 0.5) is 20.3 Å². The van der Waals surface area contributed by atoms with E-state index in [2.05, 4.69) is 30.2 Å². The molecule has 5 rings (SSSR count). The van der Waals surface area contributed by atoms with Crippen molar-refractivity contribution < 1.29 is 8.78 Å². The van der Waals surface area contributed by atoms with E-state index in [9.17, 15) is 8.78 Å². The van der Waals surface area contributed by atoms with E-state index in [4.69, 9.17) is 4.98 Å². The fourth-order valence-electron chi connectivity index (χ4n) is 3.78. The first-order chi connectivity index (χ1) is 12.6. The zero-order valence-electron chi connectivity index (χ0n) is 14.0. The lowest BCUT2D eigenvalue weighted by molar-refractivity contribution is 0.150. The second-order valence-electron chi connectivity index (χ2n) is 6.96. The van der Waals surface area contributed by atoms with Crippen LogP contribution in [0.2, 0.25) is 0 Å². The highest BCUT2D eigenvalue weighted by molar-refractivity contribution is 9.10. The average Bonchev–Trinajstić information content (AvgIpc) is 3.41. The van der Waals surface area contributed by atoms with Crippen molar-refractivity contribution in [2.75, 3.05) is 11.4 Å². The zero-order valence-corrected chi connectivity index (χ0v) is 15.6. The van der Waals surface area contributed by atoms with Crippen molar-refractivity contribution in [3.63, 3.8) is 0 Å². The molecule has 0 N–H and O–H groups in total. The molecule has 134 valence electrons.